The fourth-order valence-corrected chi connectivity index (χ4v) is 17.3. The molecule has 0 N–H and O–H groups in total. The second-order valence-corrected chi connectivity index (χ2v) is 30.0. The molecule has 0 radical (unpaired) electrons. The highest BCUT2D eigenvalue weighted by Crippen LogP contribution is 2.44. The molecule has 0 aliphatic carbocycles. The molecule has 0 aliphatic rings. The van der Waals surface area contributed by atoms with E-state index >= 15 is 0 Å². The summed E-state index contributed by atoms with van der Waals surface area (Å²) in [5.41, 5.74) is 11.4. The maximum atomic E-state index is 6.49. The first kappa shape index (κ1) is 51.1. The summed E-state index contributed by atoms with van der Waals surface area (Å²) < 4.78 is 11.2. The molecule has 9 aromatic carbocycles. The van der Waals surface area contributed by atoms with Crippen LogP contribution in [0.15, 0.2) is 205 Å². The molecule has 0 unspecified atom stereocenters. The van der Waals surface area contributed by atoms with Crippen LogP contribution in [0.25, 0.3) is 88.8 Å². The molecule has 13 aromatic rings. The van der Waals surface area contributed by atoms with E-state index < -0.39 is 8.07 Å². The van der Waals surface area contributed by atoms with E-state index in [1.165, 1.54) is 53.8 Å². The summed E-state index contributed by atoms with van der Waals surface area (Å²) in [5, 5.41) is 11.9. The molecular formula is C73H69N5OSi. The van der Waals surface area contributed by atoms with Gasteiger partial charge < -0.3 is 4.42 Å². The predicted octanol–water partition coefficient (Wildman–Crippen LogP) is 16.2. The molecule has 0 spiro atoms. The molecule has 80 heavy (non-hydrogen) atoms. The number of hydrogen-bond donors (Lipinski definition) is 0. The molecule has 13 rings (SSSR count). The van der Waals surface area contributed by atoms with Crippen LogP contribution in [-0.2, 0) is 21.7 Å². The first-order valence-electron chi connectivity index (χ1n) is 28.3. The lowest BCUT2D eigenvalue weighted by molar-refractivity contribution is 0.571. The lowest BCUT2D eigenvalue weighted by Gasteiger charge is -2.34. The summed E-state index contributed by atoms with van der Waals surface area (Å²) >= 11 is 0. The Kier molecular flexibility index (Phi) is 11.7. The van der Waals surface area contributed by atoms with E-state index in [4.69, 9.17) is 19.4 Å². The van der Waals surface area contributed by atoms with Crippen molar-refractivity contribution in [3.8, 4) is 23.3 Å². The summed E-state index contributed by atoms with van der Waals surface area (Å²) in [5.74, 6) is 1.73. The molecule has 0 aliphatic heterocycles. The average molecular weight is 1060 g/mol. The minimum atomic E-state index is -3.14. The van der Waals surface area contributed by atoms with Crippen molar-refractivity contribution in [2.75, 3.05) is 0 Å². The van der Waals surface area contributed by atoms with Gasteiger partial charge in [-0.05, 0) is 101 Å². The van der Waals surface area contributed by atoms with E-state index in [9.17, 15) is 0 Å². The van der Waals surface area contributed by atoms with Gasteiger partial charge >= 0.3 is 0 Å². The van der Waals surface area contributed by atoms with Crippen molar-refractivity contribution in [2.24, 2.45) is 0 Å². The molecule has 0 atom stereocenters. The van der Waals surface area contributed by atoms with Gasteiger partial charge in [-0.25, -0.2) is 0 Å². The van der Waals surface area contributed by atoms with Crippen LogP contribution in [0.2, 0.25) is 0 Å². The van der Waals surface area contributed by atoms with Gasteiger partial charge in [0, 0.05) is 37.9 Å². The minimum Gasteiger partial charge on any atom is -0.456 e. The molecule has 7 heteroatoms. The van der Waals surface area contributed by atoms with Gasteiger partial charge in [0.1, 0.15) is 11.2 Å². The van der Waals surface area contributed by atoms with Crippen molar-refractivity contribution < 1.29 is 4.42 Å². The molecule has 0 bridgehead atoms. The fraction of sp³-hybridized carbons (Fsp3) is 0.219. The number of hydrogen-bond acceptors (Lipinski definition) is 4. The molecule has 0 saturated carbocycles. The summed E-state index contributed by atoms with van der Waals surface area (Å²) in [6.45, 7) is 27.8. The Labute approximate surface area is 470 Å². The number of aromatic nitrogens is 5. The molecule has 0 amide bonds. The van der Waals surface area contributed by atoms with Gasteiger partial charge in [0.2, 0.25) is 11.9 Å². The number of fused-ring (bicyclic) bond motifs is 9. The van der Waals surface area contributed by atoms with Gasteiger partial charge in [0.05, 0.1) is 22.1 Å². The minimum absolute atomic E-state index is 0.0832. The fourth-order valence-electron chi connectivity index (χ4n) is 12.5. The SMILES string of the molecule is CC(C)(C)c1cc(C(C)(C)C)c2c(c1)c1ccccc1n2-c1nc(-c2cccc([Si](c3ccccc3)(c3ccccc3)c3ccc4oc5ccccc5c4c3)c2)nc(-n2c3ccccc3c3cc(C(C)(C)C)cc(C(C)(C)C)c32)n1. The summed E-state index contributed by atoms with van der Waals surface area (Å²) in [6, 6.07) is 73.9. The van der Waals surface area contributed by atoms with Crippen LogP contribution in [0.4, 0.5) is 0 Å². The van der Waals surface area contributed by atoms with Gasteiger partial charge in [0.25, 0.3) is 0 Å². The number of para-hydroxylation sites is 3. The van der Waals surface area contributed by atoms with E-state index in [1.807, 2.05) is 6.07 Å². The normalized spacial score (nSPS) is 13.0. The Balaban J connectivity index is 1.16. The van der Waals surface area contributed by atoms with Crippen molar-refractivity contribution in [2.45, 2.75) is 105 Å². The largest absolute Gasteiger partial charge is 0.456 e. The lowest BCUT2D eigenvalue weighted by atomic mass is 9.79. The maximum absolute atomic E-state index is 6.49. The van der Waals surface area contributed by atoms with E-state index in [2.05, 4.69) is 286 Å². The van der Waals surface area contributed by atoms with Gasteiger partial charge in [-0.1, -0.05) is 247 Å². The lowest BCUT2D eigenvalue weighted by Crippen LogP contribution is -2.74. The van der Waals surface area contributed by atoms with Gasteiger partial charge in [-0.3, -0.25) is 9.13 Å². The Hall–Kier alpha value is -8.39. The van der Waals surface area contributed by atoms with Crippen molar-refractivity contribution in [1.82, 2.24) is 24.1 Å². The highest BCUT2D eigenvalue weighted by Gasteiger charge is 2.42. The van der Waals surface area contributed by atoms with E-state index in [0.717, 1.165) is 60.3 Å². The number of rotatable bonds is 7. The topological polar surface area (TPSA) is 61.7 Å². The van der Waals surface area contributed by atoms with Crippen molar-refractivity contribution in [3.05, 3.63) is 222 Å². The number of nitrogens with zero attached hydrogens (tertiary/aromatic N) is 5. The molecule has 4 heterocycles. The quantitative estimate of drug-likeness (QED) is 0.118. The molecule has 6 nitrogen and oxygen atoms in total. The summed E-state index contributed by atoms with van der Waals surface area (Å²) in [7, 11) is -3.14. The van der Waals surface area contributed by atoms with Crippen LogP contribution in [-0.4, -0.2) is 32.2 Å². The van der Waals surface area contributed by atoms with E-state index in [-0.39, 0.29) is 21.7 Å². The highest BCUT2D eigenvalue weighted by atomic mass is 28.3. The Morgan fingerprint density at radius 2 is 0.775 bits per heavy atom. The summed E-state index contributed by atoms with van der Waals surface area (Å²) in [4.78, 5) is 17.3. The van der Waals surface area contributed by atoms with Crippen molar-refractivity contribution in [3.63, 3.8) is 0 Å². The predicted molar refractivity (Wildman–Crippen MR) is 340 cm³/mol. The van der Waals surface area contributed by atoms with Gasteiger partial charge in [0.15, 0.2) is 13.9 Å². The zero-order valence-corrected chi connectivity index (χ0v) is 49.2. The molecule has 396 valence electrons. The summed E-state index contributed by atoms with van der Waals surface area (Å²) in [6.07, 6.45) is 0. The van der Waals surface area contributed by atoms with Gasteiger partial charge in [-0.2, -0.15) is 15.0 Å². The second kappa shape index (κ2) is 18.3. The Bertz CT molecular complexity index is 4360. The zero-order chi connectivity index (χ0) is 55.7. The third-order valence-corrected chi connectivity index (χ3v) is 21.4. The van der Waals surface area contributed by atoms with Crippen LogP contribution in [0.1, 0.15) is 105 Å². The standard InChI is InChI=1S/C73H69N5OSi/c1-70(2,3)47-41-57-53-32-19-22-35-61(53)77(65(57)59(43-47)72(7,8)9)68-74-67(75-69(76-68)78-62-36-23-20-33-54(62)58-42-48(71(4,5)6)44-60(66(58)78)73(10,11)12)46-26-25-31-51(40-46)80(49-27-15-13-16-28-49,50-29-17-14-18-30-50)52-38-39-64-56(45-52)55-34-21-24-37-63(55)79-64/h13-45H,1-12H3. The zero-order valence-electron chi connectivity index (χ0n) is 48.2. The maximum Gasteiger partial charge on any atom is 0.240 e. The second-order valence-electron chi connectivity index (χ2n) is 26.2. The smallest absolute Gasteiger partial charge is 0.240 e. The molecular weight excluding hydrogens is 991 g/mol. The van der Waals surface area contributed by atoms with Crippen molar-refractivity contribution >= 4 is 94.4 Å². The first-order chi connectivity index (χ1) is 38.2. The average Bonchev–Trinajstić information content (AvgIpc) is 4.12. The Morgan fingerprint density at radius 1 is 0.338 bits per heavy atom. The van der Waals surface area contributed by atoms with E-state index in [1.54, 1.807) is 0 Å². The monoisotopic (exact) mass is 1060 g/mol. The third-order valence-electron chi connectivity index (χ3n) is 16.7. The van der Waals surface area contributed by atoms with Crippen LogP contribution in [0.5, 0.6) is 0 Å². The van der Waals surface area contributed by atoms with Crippen LogP contribution in [0, 0.1) is 0 Å². The molecule has 0 saturated heterocycles. The van der Waals surface area contributed by atoms with Crippen LogP contribution in [0.3, 0.4) is 0 Å². The Morgan fingerprint density at radius 3 is 1.27 bits per heavy atom. The molecule has 0 fully saturated rings. The highest BCUT2D eigenvalue weighted by molar-refractivity contribution is 7.20. The van der Waals surface area contributed by atoms with E-state index in [0.29, 0.717) is 17.7 Å². The molecule has 4 aromatic heterocycles. The van der Waals surface area contributed by atoms with Crippen molar-refractivity contribution in [1.29, 1.82) is 0 Å². The van der Waals surface area contributed by atoms with Crippen LogP contribution >= 0.6 is 0 Å². The van der Waals surface area contributed by atoms with Crippen LogP contribution < -0.4 is 20.7 Å². The third kappa shape index (κ3) is 8.22. The first-order valence-corrected chi connectivity index (χ1v) is 30.3. The van der Waals surface area contributed by atoms with Gasteiger partial charge in [-0.15, -0.1) is 0 Å². The number of furan rings is 1. The number of benzene rings is 9.